The van der Waals surface area contributed by atoms with Crippen LogP contribution in [0.3, 0.4) is 0 Å². The fourth-order valence-electron chi connectivity index (χ4n) is 2.65. The number of hydrogen-bond acceptors (Lipinski definition) is 6. The molecule has 0 bridgehead atoms. The predicted octanol–water partition coefficient (Wildman–Crippen LogP) is -1.14. The molecule has 11 nitrogen and oxygen atoms in total. The topological polar surface area (TPSA) is 188 Å². The lowest BCUT2D eigenvalue weighted by Gasteiger charge is -2.23. The van der Waals surface area contributed by atoms with Gasteiger partial charge in [-0.15, -0.1) is 0 Å². The summed E-state index contributed by atoms with van der Waals surface area (Å²) in [4.78, 5) is 58.4. The van der Waals surface area contributed by atoms with Crippen molar-refractivity contribution >= 4 is 29.7 Å². The second-order valence-electron chi connectivity index (χ2n) is 7.30. The molecule has 0 saturated carbocycles. The largest absolute Gasteiger partial charge is 0.481 e. The number of hydrogen-bond donors (Lipinski definition) is 6. The molecule has 3 atom stereocenters. The van der Waals surface area contributed by atoms with E-state index in [1.165, 1.54) is 0 Å². The molecule has 0 saturated heterocycles. The maximum absolute atomic E-state index is 12.4. The van der Waals surface area contributed by atoms with E-state index in [1.807, 2.05) is 35.6 Å². The van der Waals surface area contributed by atoms with Crippen molar-refractivity contribution in [2.45, 2.75) is 44.8 Å². The number of carbonyl (C=O) groups is 5. The van der Waals surface area contributed by atoms with Crippen LogP contribution >= 0.6 is 0 Å². The van der Waals surface area contributed by atoms with Crippen LogP contribution < -0.4 is 21.7 Å². The monoisotopic (exact) mass is 436 g/mol. The lowest BCUT2D eigenvalue weighted by molar-refractivity contribution is -0.147. The molecule has 11 heteroatoms. The van der Waals surface area contributed by atoms with Crippen LogP contribution in [0.5, 0.6) is 0 Å². The number of carboxylic acids is 2. The van der Waals surface area contributed by atoms with Gasteiger partial charge in [-0.05, 0) is 17.9 Å². The maximum Gasteiger partial charge on any atom is 0.326 e. The molecular formula is C20H28N4O7. The van der Waals surface area contributed by atoms with Gasteiger partial charge in [0, 0.05) is 0 Å². The summed E-state index contributed by atoms with van der Waals surface area (Å²) >= 11 is 0. The fraction of sp³-hybridized carbons (Fsp3) is 0.450. The molecule has 1 rings (SSSR count). The zero-order valence-electron chi connectivity index (χ0n) is 17.3. The zero-order valence-corrected chi connectivity index (χ0v) is 17.3. The van der Waals surface area contributed by atoms with E-state index < -0.39 is 60.8 Å². The van der Waals surface area contributed by atoms with Crippen molar-refractivity contribution in [1.29, 1.82) is 0 Å². The Kier molecular flexibility index (Phi) is 10.1. The van der Waals surface area contributed by atoms with E-state index in [4.69, 9.17) is 15.9 Å². The van der Waals surface area contributed by atoms with Crippen LogP contribution in [0.4, 0.5) is 0 Å². The number of nitrogens with two attached hydrogens (primary N) is 1. The van der Waals surface area contributed by atoms with Gasteiger partial charge < -0.3 is 31.9 Å². The Morgan fingerprint density at radius 1 is 0.968 bits per heavy atom. The van der Waals surface area contributed by atoms with E-state index in [0.29, 0.717) is 0 Å². The Morgan fingerprint density at radius 3 is 2.10 bits per heavy atom. The van der Waals surface area contributed by atoms with Gasteiger partial charge in [0.2, 0.25) is 17.7 Å². The van der Waals surface area contributed by atoms with E-state index in [2.05, 4.69) is 10.6 Å². The standard InChI is InChI=1S/C20H28N4O7/c1-11(2)17(24-18(28)13(21)8-12-6-4-3-5-7-12)19(29)22-10-15(25)23-14(20(30)31)9-16(26)27/h3-7,11,13-14,17H,8-10,21H2,1-2H3,(H,22,29)(H,23,25)(H,24,28)(H,26,27)(H,30,31). The number of nitrogens with one attached hydrogen (secondary N) is 3. The number of carboxylic acid groups (broad SMARTS) is 2. The molecule has 1 aromatic carbocycles. The minimum Gasteiger partial charge on any atom is -0.481 e. The van der Waals surface area contributed by atoms with Crippen LogP contribution in [0.15, 0.2) is 30.3 Å². The molecule has 31 heavy (non-hydrogen) atoms. The van der Waals surface area contributed by atoms with Gasteiger partial charge in [-0.3, -0.25) is 19.2 Å². The fourth-order valence-corrected chi connectivity index (χ4v) is 2.65. The van der Waals surface area contributed by atoms with Crippen molar-refractivity contribution in [2.75, 3.05) is 6.54 Å². The summed E-state index contributed by atoms with van der Waals surface area (Å²) in [5, 5.41) is 24.5. The van der Waals surface area contributed by atoms with Crippen molar-refractivity contribution in [3.63, 3.8) is 0 Å². The molecule has 0 aliphatic carbocycles. The van der Waals surface area contributed by atoms with Crippen LogP contribution in [0.25, 0.3) is 0 Å². The van der Waals surface area contributed by atoms with Gasteiger partial charge in [-0.2, -0.15) is 0 Å². The molecular weight excluding hydrogens is 408 g/mol. The molecule has 0 radical (unpaired) electrons. The molecule has 0 spiro atoms. The third kappa shape index (κ3) is 9.26. The minimum absolute atomic E-state index is 0.279. The smallest absolute Gasteiger partial charge is 0.326 e. The van der Waals surface area contributed by atoms with Gasteiger partial charge in [-0.1, -0.05) is 44.2 Å². The van der Waals surface area contributed by atoms with Gasteiger partial charge in [0.05, 0.1) is 19.0 Å². The van der Waals surface area contributed by atoms with Crippen LogP contribution in [-0.2, 0) is 30.4 Å². The predicted molar refractivity (Wildman–Crippen MR) is 110 cm³/mol. The Bertz CT molecular complexity index is 798. The van der Waals surface area contributed by atoms with E-state index in [-0.39, 0.29) is 12.3 Å². The van der Waals surface area contributed by atoms with Gasteiger partial charge in [0.25, 0.3) is 0 Å². The highest BCUT2D eigenvalue weighted by molar-refractivity contribution is 5.93. The second-order valence-corrected chi connectivity index (χ2v) is 7.30. The molecule has 7 N–H and O–H groups in total. The Labute approximate surface area is 179 Å². The average Bonchev–Trinajstić information content (AvgIpc) is 2.69. The maximum atomic E-state index is 12.4. The molecule has 0 heterocycles. The molecule has 0 aliphatic heterocycles. The van der Waals surface area contributed by atoms with Gasteiger partial charge >= 0.3 is 11.9 Å². The molecule has 3 amide bonds. The molecule has 0 fully saturated rings. The Hall–Kier alpha value is -3.47. The van der Waals surface area contributed by atoms with Crippen LogP contribution in [0.2, 0.25) is 0 Å². The Morgan fingerprint density at radius 2 is 1.58 bits per heavy atom. The lowest BCUT2D eigenvalue weighted by Crippen LogP contribution is -2.55. The molecule has 0 aromatic heterocycles. The van der Waals surface area contributed by atoms with Gasteiger partial charge in [0.1, 0.15) is 12.1 Å². The molecule has 0 aliphatic rings. The third-order valence-electron chi connectivity index (χ3n) is 4.32. The summed E-state index contributed by atoms with van der Waals surface area (Å²) in [6.45, 7) is 2.80. The number of amides is 3. The van der Waals surface area contributed by atoms with Crippen molar-refractivity contribution in [3.8, 4) is 0 Å². The van der Waals surface area contributed by atoms with E-state index in [0.717, 1.165) is 5.56 Å². The van der Waals surface area contributed by atoms with Crippen molar-refractivity contribution in [3.05, 3.63) is 35.9 Å². The second kappa shape index (κ2) is 12.3. The summed E-state index contributed by atoms with van der Waals surface area (Å²) in [5.74, 6) is -5.30. The van der Waals surface area contributed by atoms with Crippen molar-refractivity contribution < 1.29 is 34.2 Å². The molecule has 1 aromatic rings. The highest BCUT2D eigenvalue weighted by Crippen LogP contribution is 2.05. The summed E-state index contributed by atoms with van der Waals surface area (Å²) in [6.07, 6.45) is -0.527. The van der Waals surface area contributed by atoms with Gasteiger partial charge in [-0.25, -0.2) is 4.79 Å². The van der Waals surface area contributed by atoms with Crippen LogP contribution in [-0.4, -0.2) is 64.5 Å². The van der Waals surface area contributed by atoms with E-state index >= 15 is 0 Å². The quantitative estimate of drug-likeness (QED) is 0.237. The number of aliphatic carboxylic acids is 2. The first kappa shape index (κ1) is 25.6. The normalized spacial score (nSPS) is 13.5. The number of rotatable bonds is 12. The van der Waals surface area contributed by atoms with Crippen LogP contribution in [0, 0.1) is 5.92 Å². The van der Waals surface area contributed by atoms with Crippen molar-refractivity contribution in [1.82, 2.24) is 16.0 Å². The number of benzene rings is 1. The minimum atomic E-state index is -1.63. The molecule has 3 unspecified atom stereocenters. The summed E-state index contributed by atoms with van der Waals surface area (Å²) < 4.78 is 0. The highest BCUT2D eigenvalue weighted by Gasteiger charge is 2.28. The Balaban J connectivity index is 2.62. The third-order valence-corrected chi connectivity index (χ3v) is 4.32. The van der Waals surface area contributed by atoms with Crippen molar-refractivity contribution in [2.24, 2.45) is 11.7 Å². The van der Waals surface area contributed by atoms with Gasteiger partial charge in [0.15, 0.2) is 0 Å². The first-order valence-corrected chi connectivity index (χ1v) is 9.62. The molecule has 170 valence electrons. The SMILES string of the molecule is CC(C)C(NC(=O)C(N)Cc1ccccc1)C(=O)NCC(=O)NC(CC(=O)O)C(=O)O. The number of carbonyl (C=O) groups excluding carboxylic acids is 3. The first-order chi connectivity index (χ1) is 14.5. The van der Waals surface area contributed by atoms with E-state index in [9.17, 15) is 24.0 Å². The summed E-state index contributed by atoms with van der Waals surface area (Å²) in [7, 11) is 0. The summed E-state index contributed by atoms with van der Waals surface area (Å²) in [5.41, 5.74) is 6.79. The van der Waals surface area contributed by atoms with Crippen LogP contribution in [0.1, 0.15) is 25.8 Å². The zero-order chi connectivity index (χ0) is 23.6. The summed E-state index contributed by atoms with van der Waals surface area (Å²) in [6, 6.07) is 5.65. The first-order valence-electron chi connectivity index (χ1n) is 9.62. The van der Waals surface area contributed by atoms with E-state index in [1.54, 1.807) is 13.8 Å². The lowest BCUT2D eigenvalue weighted by atomic mass is 10.0. The highest BCUT2D eigenvalue weighted by atomic mass is 16.4. The average molecular weight is 436 g/mol.